The van der Waals surface area contributed by atoms with Crippen LogP contribution in [0.3, 0.4) is 0 Å². The molecule has 108 valence electrons. The Morgan fingerprint density at radius 3 is 2.37 bits per heavy atom. The maximum atomic E-state index is 12.9. The number of nitrogens with one attached hydrogen (secondary N) is 1. The number of benzene rings is 1. The second-order valence-electron chi connectivity index (χ2n) is 5.47. The quantitative estimate of drug-likeness (QED) is 0.791. The molecule has 3 nitrogen and oxygen atoms in total. The minimum Gasteiger partial charge on any atom is -0.598 e. The topological polar surface area (TPSA) is 55.3 Å². The van der Waals surface area contributed by atoms with E-state index in [0.29, 0.717) is 12.8 Å². The van der Waals surface area contributed by atoms with Crippen LogP contribution in [0.1, 0.15) is 45.2 Å². The Morgan fingerprint density at radius 1 is 1.32 bits per heavy atom. The number of halogens is 1. The summed E-state index contributed by atoms with van der Waals surface area (Å²) in [5, 5.41) is 8.94. The van der Waals surface area contributed by atoms with E-state index in [1.165, 1.54) is 12.1 Å². The van der Waals surface area contributed by atoms with E-state index in [1.807, 2.05) is 20.8 Å². The lowest BCUT2D eigenvalue weighted by molar-refractivity contribution is 0.278. The second-order valence-corrected chi connectivity index (χ2v) is 7.47. The fourth-order valence-corrected chi connectivity index (χ4v) is 2.46. The Kier molecular flexibility index (Phi) is 6.26. The van der Waals surface area contributed by atoms with Gasteiger partial charge in [-0.25, -0.2) is 4.39 Å². The molecule has 0 aliphatic rings. The third kappa shape index (κ3) is 5.48. The molecule has 0 saturated carbocycles. The monoisotopic (exact) mass is 287 g/mol. The molecule has 2 atom stereocenters. The van der Waals surface area contributed by atoms with E-state index in [1.54, 1.807) is 12.1 Å². The van der Waals surface area contributed by atoms with Crippen molar-refractivity contribution >= 4 is 11.4 Å². The van der Waals surface area contributed by atoms with Gasteiger partial charge in [0.1, 0.15) is 10.6 Å². The Morgan fingerprint density at radius 2 is 1.89 bits per heavy atom. The van der Waals surface area contributed by atoms with Crippen molar-refractivity contribution in [3.05, 3.63) is 35.6 Å². The summed E-state index contributed by atoms with van der Waals surface area (Å²) in [6.45, 7) is 5.76. The van der Waals surface area contributed by atoms with Crippen LogP contribution in [0.25, 0.3) is 0 Å². The number of rotatable bonds is 6. The zero-order valence-electron chi connectivity index (χ0n) is 11.6. The normalized spacial score (nSPS) is 15.3. The Hall–Kier alpha value is -0.620. The summed E-state index contributed by atoms with van der Waals surface area (Å²) in [5.41, 5.74) is 0.882. The van der Waals surface area contributed by atoms with Crippen LogP contribution < -0.4 is 4.72 Å². The van der Waals surface area contributed by atoms with E-state index in [0.717, 1.165) is 5.56 Å². The zero-order chi connectivity index (χ0) is 14.5. The first kappa shape index (κ1) is 16.4. The summed E-state index contributed by atoms with van der Waals surface area (Å²) in [6.07, 6.45) is 1.26. The molecule has 0 unspecified atom stereocenters. The van der Waals surface area contributed by atoms with Gasteiger partial charge in [0.2, 0.25) is 0 Å². The minimum atomic E-state index is -1.20. The van der Waals surface area contributed by atoms with Gasteiger partial charge in [-0.15, -0.1) is 4.72 Å². The van der Waals surface area contributed by atoms with Crippen LogP contribution in [0.2, 0.25) is 0 Å². The van der Waals surface area contributed by atoms with Crippen LogP contribution >= 0.6 is 0 Å². The number of hydrogen-bond acceptors (Lipinski definition) is 3. The Labute approximate surface area is 117 Å². The van der Waals surface area contributed by atoms with Gasteiger partial charge in [-0.2, -0.15) is 0 Å². The van der Waals surface area contributed by atoms with Gasteiger partial charge < -0.3 is 9.66 Å². The molecule has 0 radical (unpaired) electrons. The molecule has 0 heterocycles. The molecule has 5 heteroatoms. The van der Waals surface area contributed by atoms with E-state index < -0.39 is 11.4 Å². The van der Waals surface area contributed by atoms with Gasteiger partial charge in [0.05, 0.1) is 6.04 Å². The summed E-state index contributed by atoms with van der Waals surface area (Å²) in [5.74, 6) is -0.290. The van der Waals surface area contributed by atoms with Crippen LogP contribution in [0.5, 0.6) is 0 Å². The predicted octanol–water partition coefficient (Wildman–Crippen LogP) is 2.69. The molecular weight excluding hydrogens is 265 g/mol. The van der Waals surface area contributed by atoms with Gasteiger partial charge in [0, 0.05) is 18.0 Å². The molecule has 0 aromatic heterocycles. The van der Waals surface area contributed by atoms with Crippen molar-refractivity contribution in [3.63, 3.8) is 0 Å². The predicted molar refractivity (Wildman–Crippen MR) is 76.5 cm³/mol. The lowest BCUT2D eigenvalue weighted by atomic mass is 10.0. The first-order chi connectivity index (χ1) is 8.84. The first-order valence-corrected chi connectivity index (χ1v) is 7.54. The SMILES string of the molecule is CC(C)(C)[S@@+]([O-])N[C@@H](CCCO)c1ccc(F)cc1. The van der Waals surface area contributed by atoms with E-state index in [4.69, 9.17) is 5.11 Å². The van der Waals surface area contributed by atoms with Gasteiger partial charge >= 0.3 is 0 Å². The van der Waals surface area contributed by atoms with Crippen molar-refractivity contribution in [3.8, 4) is 0 Å². The van der Waals surface area contributed by atoms with E-state index in [2.05, 4.69) is 4.72 Å². The molecular formula is C14H22FNO2S. The van der Waals surface area contributed by atoms with Crippen molar-refractivity contribution in [2.45, 2.75) is 44.4 Å². The van der Waals surface area contributed by atoms with E-state index in [-0.39, 0.29) is 23.2 Å². The second kappa shape index (κ2) is 7.24. The van der Waals surface area contributed by atoms with Crippen molar-refractivity contribution in [1.82, 2.24) is 4.72 Å². The standard InChI is InChI=1S/C14H22FNO2S/c1-14(2,3)19(18)16-13(5-4-10-17)11-6-8-12(15)9-7-11/h6-9,13,16-17H,4-5,10H2,1-3H3/t13-,19+/m0/s1. The highest BCUT2D eigenvalue weighted by atomic mass is 32.2. The summed E-state index contributed by atoms with van der Waals surface area (Å²) in [7, 11) is 0. The molecule has 19 heavy (non-hydrogen) atoms. The van der Waals surface area contributed by atoms with Gasteiger partial charge in [-0.3, -0.25) is 0 Å². The summed E-state index contributed by atoms with van der Waals surface area (Å²) < 4.78 is 27.8. The van der Waals surface area contributed by atoms with Crippen LogP contribution in [-0.2, 0) is 11.4 Å². The molecule has 0 fully saturated rings. The van der Waals surface area contributed by atoms with Crippen LogP contribution in [0.4, 0.5) is 4.39 Å². The van der Waals surface area contributed by atoms with Crippen molar-refractivity contribution in [1.29, 1.82) is 0 Å². The maximum Gasteiger partial charge on any atom is 0.136 e. The van der Waals surface area contributed by atoms with Crippen LogP contribution in [0, 0.1) is 5.82 Å². The number of hydrogen-bond donors (Lipinski definition) is 2. The summed E-state index contributed by atoms with van der Waals surface area (Å²) in [6, 6.07) is 6.01. The number of aliphatic hydroxyl groups is 1. The van der Waals surface area contributed by atoms with Crippen molar-refractivity contribution in [2.75, 3.05) is 6.61 Å². The van der Waals surface area contributed by atoms with E-state index >= 15 is 0 Å². The lowest BCUT2D eigenvalue weighted by Gasteiger charge is -2.28. The molecule has 1 aromatic carbocycles. The van der Waals surface area contributed by atoms with Crippen LogP contribution in [0.15, 0.2) is 24.3 Å². The average molecular weight is 287 g/mol. The fourth-order valence-electron chi connectivity index (χ4n) is 1.59. The van der Waals surface area contributed by atoms with Gasteiger partial charge in [-0.1, -0.05) is 12.1 Å². The fraction of sp³-hybridized carbons (Fsp3) is 0.571. The highest BCUT2D eigenvalue weighted by Crippen LogP contribution is 2.23. The van der Waals surface area contributed by atoms with E-state index in [9.17, 15) is 8.94 Å². The summed E-state index contributed by atoms with van der Waals surface area (Å²) in [4.78, 5) is 0. The Balaban J connectivity index is 2.79. The lowest BCUT2D eigenvalue weighted by Crippen LogP contribution is -2.41. The molecule has 0 spiro atoms. The zero-order valence-corrected chi connectivity index (χ0v) is 12.5. The highest BCUT2D eigenvalue weighted by molar-refractivity contribution is 7.90. The number of aliphatic hydroxyl groups excluding tert-OH is 1. The molecule has 0 bridgehead atoms. The molecule has 0 aliphatic carbocycles. The van der Waals surface area contributed by atoms with Crippen molar-refractivity contribution in [2.24, 2.45) is 0 Å². The smallest absolute Gasteiger partial charge is 0.136 e. The van der Waals surface area contributed by atoms with Gasteiger partial charge in [0.25, 0.3) is 0 Å². The molecule has 0 saturated heterocycles. The first-order valence-electron chi connectivity index (χ1n) is 6.39. The average Bonchev–Trinajstić information content (AvgIpc) is 2.34. The third-order valence-electron chi connectivity index (χ3n) is 2.73. The van der Waals surface area contributed by atoms with Gasteiger partial charge in [-0.05, 0) is 51.3 Å². The minimum absolute atomic E-state index is 0.0848. The third-order valence-corrected chi connectivity index (χ3v) is 4.34. The molecule has 1 aromatic rings. The highest BCUT2D eigenvalue weighted by Gasteiger charge is 2.29. The Bertz CT molecular complexity index is 378. The molecule has 0 aliphatic heterocycles. The maximum absolute atomic E-state index is 12.9. The van der Waals surface area contributed by atoms with Gasteiger partial charge in [0.15, 0.2) is 0 Å². The molecule has 1 rings (SSSR count). The van der Waals surface area contributed by atoms with Crippen LogP contribution in [-0.4, -0.2) is 21.0 Å². The molecule has 0 amide bonds. The summed E-state index contributed by atoms with van der Waals surface area (Å²) >= 11 is -1.20. The largest absolute Gasteiger partial charge is 0.598 e. The molecule has 2 N–H and O–H groups in total. The van der Waals surface area contributed by atoms with Crippen molar-refractivity contribution < 1.29 is 14.0 Å².